The molecule has 0 aliphatic heterocycles. The van der Waals surface area contributed by atoms with E-state index in [0.717, 1.165) is 5.56 Å². The Hall–Kier alpha value is -1.72. The third-order valence-electron chi connectivity index (χ3n) is 2.78. The van der Waals surface area contributed by atoms with Crippen molar-refractivity contribution in [2.75, 3.05) is 11.3 Å². The Morgan fingerprint density at radius 2 is 1.95 bits per heavy atom. The summed E-state index contributed by atoms with van der Waals surface area (Å²) in [4.78, 5) is 0.0949. The van der Waals surface area contributed by atoms with E-state index in [9.17, 15) is 8.42 Å². The summed E-state index contributed by atoms with van der Waals surface area (Å²) < 4.78 is 32.5. The molecule has 0 spiro atoms. The Morgan fingerprint density at radius 3 is 2.57 bits per heavy atom. The van der Waals surface area contributed by atoms with Gasteiger partial charge in [-0.3, -0.25) is 4.72 Å². The first-order chi connectivity index (χ1) is 9.92. The maximum Gasteiger partial charge on any atom is 0.261 e. The van der Waals surface area contributed by atoms with E-state index in [1.807, 2.05) is 19.9 Å². The van der Waals surface area contributed by atoms with Crippen molar-refractivity contribution in [1.82, 2.24) is 0 Å². The van der Waals surface area contributed by atoms with Crippen LogP contribution < -0.4 is 9.46 Å². The van der Waals surface area contributed by atoms with Gasteiger partial charge in [-0.05, 0) is 49.7 Å². The zero-order valence-electron chi connectivity index (χ0n) is 11.8. The van der Waals surface area contributed by atoms with Crippen molar-refractivity contribution in [3.05, 3.63) is 53.1 Å². The molecule has 0 bridgehead atoms. The molecule has 2 rings (SSSR count). The highest BCUT2D eigenvalue weighted by molar-refractivity contribution is 7.92. The fourth-order valence-electron chi connectivity index (χ4n) is 1.84. The molecule has 0 unspecified atom stereocenters. The molecule has 0 atom stereocenters. The van der Waals surface area contributed by atoms with Gasteiger partial charge >= 0.3 is 0 Å². The Balaban J connectivity index is 2.29. The average molecular weight is 326 g/mol. The van der Waals surface area contributed by atoms with E-state index in [2.05, 4.69) is 4.72 Å². The van der Waals surface area contributed by atoms with Crippen molar-refractivity contribution in [1.29, 1.82) is 0 Å². The molecule has 6 heteroatoms. The zero-order valence-corrected chi connectivity index (χ0v) is 13.3. The number of nitrogens with one attached hydrogen (secondary N) is 1. The molecule has 0 aliphatic carbocycles. The number of anilines is 1. The van der Waals surface area contributed by atoms with Gasteiger partial charge in [-0.2, -0.15) is 0 Å². The molecule has 0 aliphatic rings. The van der Waals surface area contributed by atoms with Crippen LogP contribution in [-0.4, -0.2) is 15.0 Å². The van der Waals surface area contributed by atoms with Crippen molar-refractivity contribution in [3.8, 4) is 5.75 Å². The minimum Gasteiger partial charge on any atom is -0.492 e. The highest BCUT2D eigenvalue weighted by Crippen LogP contribution is 2.28. The topological polar surface area (TPSA) is 55.4 Å². The molecule has 0 saturated carbocycles. The van der Waals surface area contributed by atoms with E-state index >= 15 is 0 Å². The molecule has 0 aromatic heterocycles. The average Bonchev–Trinajstić information content (AvgIpc) is 2.40. The van der Waals surface area contributed by atoms with Crippen LogP contribution in [0.4, 0.5) is 5.69 Å². The van der Waals surface area contributed by atoms with E-state index < -0.39 is 10.0 Å². The molecule has 0 heterocycles. The van der Waals surface area contributed by atoms with Gasteiger partial charge in [-0.1, -0.05) is 23.7 Å². The van der Waals surface area contributed by atoms with E-state index in [1.54, 1.807) is 24.3 Å². The van der Waals surface area contributed by atoms with E-state index in [1.165, 1.54) is 12.1 Å². The normalized spacial score (nSPS) is 11.2. The number of halogens is 1. The lowest BCUT2D eigenvalue weighted by Crippen LogP contribution is -2.13. The number of rotatable bonds is 5. The second kappa shape index (κ2) is 6.37. The monoisotopic (exact) mass is 325 g/mol. The molecule has 2 aromatic rings. The first-order valence-electron chi connectivity index (χ1n) is 6.44. The molecular formula is C15H16ClNO3S. The summed E-state index contributed by atoms with van der Waals surface area (Å²) >= 11 is 6.03. The molecule has 1 N–H and O–H groups in total. The number of aryl methyl sites for hydroxylation is 1. The summed E-state index contributed by atoms with van der Waals surface area (Å²) in [6.07, 6.45) is 0. The molecular weight excluding hydrogens is 310 g/mol. The van der Waals surface area contributed by atoms with Crippen LogP contribution in [0.1, 0.15) is 12.5 Å². The maximum absolute atomic E-state index is 12.3. The smallest absolute Gasteiger partial charge is 0.261 e. The van der Waals surface area contributed by atoms with Crippen molar-refractivity contribution in [2.45, 2.75) is 18.7 Å². The molecule has 0 radical (unpaired) electrons. The van der Waals surface area contributed by atoms with E-state index in [-0.39, 0.29) is 9.92 Å². The predicted molar refractivity (Wildman–Crippen MR) is 84.6 cm³/mol. The van der Waals surface area contributed by atoms with Gasteiger partial charge in [-0.25, -0.2) is 8.42 Å². The number of hydrogen-bond acceptors (Lipinski definition) is 3. The van der Waals surface area contributed by atoms with Crippen LogP contribution in [0.3, 0.4) is 0 Å². The Labute approximate surface area is 129 Å². The largest absolute Gasteiger partial charge is 0.492 e. The molecule has 2 aromatic carbocycles. The Kier molecular flexibility index (Phi) is 4.75. The van der Waals surface area contributed by atoms with Gasteiger partial charge in [0, 0.05) is 5.69 Å². The lowest BCUT2D eigenvalue weighted by Gasteiger charge is -2.11. The molecule has 0 amide bonds. The summed E-state index contributed by atoms with van der Waals surface area (Å²) in [7, 11) is -3.67. The minimum absolute atomic E-state index is 0.0949. The highest BCUT2D eigenvalue weighted by Gasteiger charge is 2.16. The summed E-state index contributed by atoms with van der Waals surface area (Å²) in [6.45, 7) is 4.19. The molecule has 21 heavy (non-hydrogen) atoms. The second-order valence-corrected chi connectivity index (χ2v) is 6.59. The van der Waals surface area contributed by atoms with E-state index in [0.29, 0.717) is 18.0 Å². The van der Waals surface area contributed by atoms with Gasteiger partial charge in [0.15, 0.2) is 0 Å². The van der Waals surface area contributed by atoms with Crippen LogP contribution in [0, 0.1) is 6.92 Å². The molecule has 0 fully saturated rings. The van der Waals surface area contributed by atoms with Gasteiger partial charge in [0.1, 0.15) is 5.75 Å². The molecule has 4 nitrogen and oxygen atoms in total. The zero-order chi connectivity index (χ0) is 15.5. The fraction of sp³-hybridized carbons (Fsp3) is 0.200. The lowest BCUT2D eigenvalue weighted by molar-refractivity contribution is 0.340. The van der Waals surface area contributed by atoms with Crippen LogP contribution in [0.15, 0.2) is 47.4 Å². The SMILES string of the molecule is CCOc1ccc(S(=O)(=O)Nc2cccc(C)c2)cc1Cl. The summed E-state index contributed by atoms with van der Waals surface area (Å²) in [6, 6.07) is 11.5. The van der Waals surface area contributed by atoms with Gasteiger partial charge in [-0.15, -0.1) is 0 Å². The minimum atomic E-state index is -3.67. The Morgan fingerprint density at radius 1 is 1.19 bits per heavy atom. The summed E-state index contributed by atoms with van der Waals surface area (Å²) in [5.74, 6) is 0.466. The van der Waals surface area contributed by atoms with Crippen molar-refractivity contribution >= 4 is 27.3 Å². The molecule has 112 valence electrons. The van der Waals surface area contributed by atoms with Gasteiger partial charge in [0.25, 0.3) is 10.0 Å². The number of sulfonamides is 1. The van der Waals surface area contributed by atoms with Crippen LogP contribution in [0.5, 0.6) is 5.75 Å². The first-order valence-corrected chi connectivity index (χ1v) is 8.30. The van der Waals surface area contributed by atoms with Crippen LogP contribution in [0.25, 0.3) is 0 Å². The van der Waals surface area contributed by atoms with Crippen molar-refractivity contribution in [2.24, 2.45) is 0 Å². The van der Waals surface area contributed by atoms with Gasteiger partial charge in [0.2, 0.25) is 0 Å². The maximum atomic E-state index is 12.3. The fourth-order valence-corrected chi connectivity index (χ4v) is 3.22. The standard InChI is InChI=1S/C15H16ClNO3S/c1-3-20-15-8-7-13(10-14(15)16)21(18,19)17-12-6-4-5-11(2)9-12/h4-10,17H,3H2,1-2H3. The predicted octanol–water partition coefficient (Wildman–Crippen LogP) is 3.85. The number of hydrogen-bond donors (Lipinski definition) is 1. The van der Waals surface area contributed by atoms with Crippen LogP contribution >= 0.6 is 11.6 Å². The van der Waals surface area contributed by atoms with Crippen molar-refractivity contribution < 1.29 is 13.2 Å². The first kappa shape index (κ1) is 15.7. The Bertz CT molecular complexity index is 744. The van der Waals surface area contributed by atoms with Gasteiger partial charge < -0.3 is 4.74 Å². The van der Waals surface area contributed by atoms with E-state index in [4.69, 9.17) is 16.3 Å². The quantitative estimate of drug-likeness (QED) is 0.908. The third-order valence-corrected chi connectivity index (χ3v) is 4.46. The molecule has 0 saturated heterocycles. The van der Waals surface area contributed by atoms with Crippen molar-refractivity contribution in [3.63, 3.8) is 0 Å². The number of ether oxygens (including phenoxy) is 1. The summed E-state index contributed by atoms with van der Waals surface area (Å²) in [5, 5.41) is 0.268. The number of benzene rings is 2. The second-order valence-electron chi connectivity index (χ2n) is 4.50. The lowest BCUT2D eigenvalue weighted by atomic mass is 10.2. The summed E-state index contributed by atoms with van der Waals surface area (Å²) in [5.41, 5.74) is 1.49. The van der Waals surface area contributed by atoms with Crippen LogP contribution in [-0.2, 0) is 10.0 Å². The van der Waals surface area contributed by atoms with Crippen LogP contribution in [0.2, 0.25) is 5.02 Å². The third kappa shape index (κ3) is 3.89. The van der Waals surface area contributed by atoms with Gasteiger partial charge in [0.05, 0.1) is 16.5 Å². The highest BCUT2D eigenvalue weighted by atomic mass is 35.5.